The highest BCUT2D eigenvalue weighted by Crippen LogP contribution is 2.44. The van der Waals surface area contributed by atoms with Gasteiger partial charge >= 0.3 is 11.9 Å². The molecule has 0 radical (unpaired) electrons. The molecule has 0 heterocycles. The van der Waals surface area contributed by atoms with Crippen molar-refractivity contribution in [1.82, 2.24) is 0 Å². The van der Waals surface area contributed by atoms with E-state index in [1.165, 1.54) is 0 Å². The zero-order valence-corrected chi connectivity index (χ0v) is 13.2. The predicted octanol–water partition coefficient (Wildman–Crippen LogP) is 2.55. The average Bonchev–Trinajstić information content (AvgIpc) is 2.34. The summed E-state index contributed by atoms with van der Waals surface area (Å²) in [4.78, 5) is 24.6. The van der Waals surface area contributed by atoms with Gasteiger partial charge in [-0.1, -0.05) is 27.7 Å². The SMILES string of the molecule is CCOC(=O)C(C#N)C(C(=O)OCC)(C(C)C)C(C)C. The Labute approximate surface area is 121 Å². The van der Waals surface area contributed by atoms with Crippen molar-refractivity contribution in [3.05, 3.63) is 0 Å². The van der Waals surface area contributed by atoms with Crippen LogP contribution in [0, 0.1) is 34.5 Å². The van der Waals surface area contributed by atoms with E-state index in [0.717, 1.165) is 0 Å². The topological polar surface area (TPSA) is 76.4 Å². The van der Waals surface area contributed by atoms with Gasteiger partial charge in [-0.2, -0.15) is 5.26 Å². The van der Waals surface area contributed by atoms with Crippen molar-refractivity contribution in [2.45, 2.75) is 41.5 Å². The van der Waals surface area contributed by atoms with Gasteiger partial charge in [0.2, 0.25) is 0 Å². The number of hydrogen-bond donors (Lipinski definition) is 0. The number of esters is 2. The van der Waals surface area contributed by atoms with Crippen LogP contribution in [0.2, 0.25) is 0 Å². The molecule has 0 aromatic rings. The van der Waals surface area contributed by atoms with E-state index in [2.05, 4.69) is 0 Å². The van der Waals surface area contributed by atoms with Crippen molar-refractivity contribution in [2.75, 3.05) is 13.2 Å². The summed E-state index contributed by atoms with van der Waals surface area (Å²) in [7, 11) is 0. The molecule has 0 spiro atoms. The smallest absolute Gasteiger partial charge is 0.324 e. The third-order valence-electron chi connectivity index (χ3n) is 3.67. The minimum Gasteiger partial charge on any atom is -0.466 e. The fourth-order valence-corrected chi connectivity index (χ4v) is 2.76. The molecule has 1 atom stereocenters. The minimum atomic E-state index is -1.20. The first-order valence-electron chi connectivity index (χ1n) is 7.03. The molecule has 0 N–H and O–H groups in total. The molecule has 0 bridgehead atoms. The van der Waals surface area contributed by atoms with Crippen molar-refractivity contribution >= 4 is 11.9 Å². The minimum absolute atomic E-state index is 0.173. The molecule has 0 fully saturated rings. The Bertz CT molecular complexity index is 374. The van der Waals surface area contributed by atoms with Gasteiger partial charge in [0.25, 0.3) is 0 Å². The summed E-state index contributed by atoms with van der Waals surface area (Å²) in [6, 6.07) is 1.95. The van der Waals surface area contributed by atoms with Crippen molar-refractivity contribution in [3.8, 4) is 6.07 Å². The predicted molar refractivity (Wildman–Crippen MR) is 74.5 cm³/mol. The van der Waals surface area contributed by atoms with Crippen LogP contribution >= 0.6 is 0 Å². The lowest BCUT2D eigenvalue weighted by Gasteiger charge is -2.40. The largest absolute Gasteiger partial charge is 0.466 e. The second kappa shape index (κ2) is 7.88. The molecule has 1 unspecified atom stereocenters. The van der Waals surface area contributed by atoms with E-state index in [4.69, 9.17) is 9.47 Å². The summed E-state index contributed by atoms with van der Waals surface area (Å²) < 4.78 is 10.1. The van der Waals surface area contributed by atoms with Crippen molar-refractivity contribution in [2.24, 2.45) is 23.2 Å². The number of nitriles is 1. The zero-order chi connectivity index (χ0) is 15.9. The maximum absolute atomic E-state index is 12.5. The molecule has 0 amide bonds. The Morgan fingerprint density at radius 2 is 1.50 bits per heavy atom. The standard InChI is InChI=1S/C15H25NO4/c1-7-19-13(17)12(9-16)15(10(3)4,11(5)6)14(18)20-8-2/h10-12H,7-8H2,1-6H3. The molecule has 0 aliphatic heterocycles. The first kappa shape index (κ1) is 18.4. The van der Waals surface area contributed by atoms with Gasteiger partial charge in [0.15, 0.2) is 5.92 Å². The maximum atomic E-state index is 12.5. The van der Waals surface area contributed by atoms with Gasteiger partial charge in [-0.25, -0.2) is 0 Å². The van der Waals surface area contributed by atoms with Gasteiger partial charge in [0, 0.05) is 0 Å². The van der Waals surface area contributed by atoms with Crippen LogP contribution in [0.4, 0.5) is 0 Å². The van der Waals surface area contributed by atoms with E-state index in [9.17, 15) is 14.9 Å². The van der Waals surface area contributed by atoms with Crippen molar-refractivity contribution in [1.29, 1.82) is 5.26 Å². The fraction of sp³-hybridized carbons (Fsp3) is 0.800. The normalized spacial score (nSPS) is 12.9. The fourth-order valence-electron chi connectivity index (χ4n) is 2.76. The van der Waals surface area contributed by atoms with Crippen LogP contribution in [-0.2, 0) is 19.1 Å². The molecule has 0 aliphatic rings. The number of rotatable bonds is 7. The molecule has 5 heteroatoms. The first-order chi connectivity index (χ1) is 9.30. The summed E-state index contributed by atoms with van der Waals surface area (Å²) in [5, 5.41) is 9.41. The van der Waals surface area contributed by atoms with E-state index in [-0.39, 0.29) is 25.0 Å². The molecule has 0 saturated heterocycles. The van der Waals surface area contributed by atoms with E-state index in [0.29, 0.717) is 0 Å². The van der Waals surface area contributed by atoms with Gasteiger partial charge in [0.05, 0.1) is 24.7 Å². The molecule has 20 heavy (non-hydrogen) atoms. The molecular weight excluding hydrogens is 258 g/mol. The summed E-state index contributed by atoms with van der Waals surface area (Å²) in [5.74, 6) is -2.79. The quantitative estimate of drug-likeness (QED) is 0.671. The number of carbonyl (C=O) groups excluding carboxylic acids is 2. The number of carbonyl (C=O) groups is 2. The maximum Gasteiger partial charge on any atom is 0.324 e. The van der Waals surface area contributed by atoms with E-state index in [1.54, 1.807) is 13.8 Å². The average molecular weight is 283 g/mol. The lowest BCUT2D eigenvalue weighted by molar-refractivity contribution is -0.174. The van der Waals surface area contributed by atoms with Crippen LogP contribution < -0.4 is 0 Å². The summed E-state index contributed by atoms with van der Waals surface area (Å²) in [6.07, 6.45) is 0. The van der Waals surface area contributed by atoms with Gasteiger partial charge in [0.1, 0.15) is 0 Å². The molecule has 0 aromatic heterocycles. The van der Waals surface area contributed by atoms with E-state index in [1.807, 2.05) is 33.8 Å². The highest BCUT2D eigenvalue weighted by Gasteiger charge is 2.55. The number of hydrogen-bond acceptors (Lipinski definition) is 5. The van der Waals surface area contributed by atoms with Crippen LogP contribution in [0.15, 0.2) is 0 Å². The molecule has 5 nitrogen and oxygen atoms in total. The summed E-state index contributed by atoms with van der Waals surface area (Å²) in [6.45, 7) is 11.0. The van der Waals surface area contributed by atoms with E-state index < -0.39 is 23.3 Å². The van der Waals surface area contributed by atoms with Crippen LogP contribution in [0.5, 0.6) is 0 Å². The highest BCUT2D eigenvalue weighted by atomic mass is 16.5. The Hall–Kier alpha value is -1.57. The summed E-state index contributed by atoms with van der Waals surface area (Å²) in [5.41, 5.74) is -1.20. The highest BCUT2D eigenvalue weighted by molar-refractivity contribution is 5.87. The van der Waals surface area contributed by atoms with Gasteiger partial charge in [-0.15, -0.1) is 0 Å². The van der Waals surface area contributed by atoms with Gasteiger partial charge < -0.3 is 9.47 Å². The van der Waals surface area contributed by atoms with Crippen LogP contribution in [-0.4, -0.2) is 25.2 Å². The van der Waals surface area contributed by atoms with Crippen molar-refractivity contribution < 1.29 is 19.1 Å². The number of nitrogens with zero attached hydrogens (tertiary/aromatic N) is 1. The second-order valence-corrected chi connectivity index (χ2v) is 5.28. The third-order valence-corrected chi connectivity index (χ3v) is 3.67. The van der Waals surface area contributed by atoms with Crippen LogP contribution in [0.3, 0.4) is 0 Å². The van der Waals surface area contributed by atoms with E-state index >= 15 is 0 Å². The van der Waals surface area contributed by atoms with Crippen LogP contribution in [0.1, 0.15) is 41.5 Å². The van der Waals surface area contributed by atoms with Crippen molar-refractivity contribution in [3.63, 3.8) is 0 Å². The number of ether oxygens (including phenoxy) is 2. The lowest BCUT2D eigenvalue weighted by Crippen LogP contribution is -2.51. The molecule has 0 rings (SSSR count). The molecule has 0 aromatic carbocycles. The monoisotopic (exact) mass is 283 g/mol. The lowest BCUT2D eigenvalue weighted by atomic mass is 9.61. The van der Waals surface area contributed by atoms with Gasteiger partial charge in [-0.3, -0.25) is 9.59 Å². The Kier molecular flexibility index (Phi) is 7.26. The Morgan fingerprint density at radius 3 is 1.80 bits per heavy atom. The third kappa shape index (κ3) is 3.30. The molecule has 0 aliphatic carbocycles. The first-order valence-corrected chi connectivity index (χ1v) is 7.03. The van der Waals surface area contributed by atoms with Crippen LogP contribution in [0.25, 0.3) is 0 Å². The molecule has 0 saturated carbocycles. The Morgan fingerprint density at radius 1 is 1.05 bits per heavy atom. The summed E-state index contributed by atoms with van der Waals surface area (Å²) >= 11 is 0. The zero-order valence-electron chi connectivity index (χ0n) is 13.2. The van der Waals surface area contributed by atoms with Gasteiger partial charge in [-0.05, 0) is 25.7 Å². The second-order valence-electron chi connectivity index (χ2n) is 5.28. The Balaban J connectivity index is 5.88. The molecule has 114 valence electrons. The molecular formula is C15H25NO4.